The standard InChI is InChI=1S/C16H22N2O3/c1-3-4-7-12-10-16(2,21-15(12)20)13(19)11-18-14-8-5-6-9-17-14/h5-6,8-9,12H,3-4,7,10-11H2,1-2H3,(H,17,18). The Morgan fingerprint density at radius 1 is 1.52 bits per heavy atom. The van der Waals surface area contributed by atoms with Crippen LogP contribution in [0.15, 0.2) is 24.4 Å². The second-order valence-electron chi connectivity index (χ2n) is 5.69. The summed E-state index contributed by atoms with van der Waals surface area (Å²) in [7, 11) is 0. The van der Waals surface area contributed by atoms with Crippen molar-refractivity contribution in [1.29, 1.82) is 0 Å². The first-order valence-electron chi connectivity index (χ1n) is 7.46. The third kappa shape index (κ3) is 3.80. The number of esters is 1. The van der Waals surface area contributed by atoms with Gasteiger partial charge in [-0.05, 0) is 25.5 Å². The molecule has 1 aliphatic heterocycles. The Morgan fingerprint density at radius 2 is 2.33 bits per heavy atom. The molecule has 2 rings (SSSR count). The number of nitrogens with one attached hydrogen (secondary N) is 1. The van der Waals surface area contributed by atoms with Crippen LogP contribution >= 0.6 is 0 Å². The third-order valence-corrected chi connectivity index (χ3v) is 3.89. The maximum atomic E-state index is 12.3. The van der Waals surface area contributed by atoms with Crippen molar-refractivity contribution in [2.75, 3.05) is 11.9 Å². The molecule has 0 amide bonds. The van der Waals surface area contributed by atoms with Crippen molar-refractivity contribution in [2.45, 2.75) is 45.1 Å². The van der Waals surface area contributed by atoms with Crippen molar-refractivity contribution in [3.05, 3.63) is 24.4 Å². The number of ether oxygens (including phenoxy) is 1. The summed E-state index contributed by atoms with van der Waals surface area (Å²) in [4.78, 5) is 28.3. The smallest absolute Gasteiger partial charge is 0.310 e. The van der Waals surface area contributed by atoms with E-state index in [1.807, 2.05) is 12.1 Å². The molecule has 1 fully saturated rings. The van der Waals surface area contributed by atoms with E-state index >= 15 is 0 Å². The number of anilines is 1. The van der Waals surface area contributed by atoms with Crippen LogP contribution < -0.4 is 5.32 Å². The molecule has 5 nitrogen and oxygen atoms in total. The molecular formula is C16H22N2O3. The van der Waals surface area contributed by atoms with Crippen molar-refractivity contribution in [3.63, 3.8) is 0 Å². The lowest BCUT2D eigenvalue weighted by molar-refractivity contribution is -0.156. The first-order chi connectivity index (χ1) is 10.0. The molecule has 0 spiro atoms. The molecule has 0 aromatic carbocycles. The summed E-state index contributed by atoms with van der Waals surface area (Å²) in [6.07, 6.45) is 4.96. The van der Waals surface area contributed by atoms with E-state index in [0.717, 1.165) is 19.3 Å². The molecule has 1 aromatic heterocycles. The molecule has 21 heavy (non-hydrogen) atoms. The number of nitrogens with zero attached hydrogens (tertiary/aromatic N) is 1. The van der Waals surface area contributed by atoms with Gasteiger partial charge in [0, 0.05) is 12.6 Å². The number of hydrogen-bond donors (Lipinski definition) is 1. The lowest BCUT2D eigenvalue weighted by atomic mass is 9.89. The first kappa shape index (κ1) is 15.5. The predicted octanol–water partition coefficient (Wildman–Crippen LogP) is 2.57. The van der Waals surface area contributed by atoms with Gasteiger partial charge in [-0.1, -0.05) is 25.8 Å². The van der Waals surface area contributed by atoms with Gasteiger partial charge in [0.05, 0.1) is 12.5 Å². The monoisotopic (exact) mass is 290 g/mol. The lowest BCUT2D eigenvalue weighted by Crippen LogP contribution is -2.39. The van der Waals surface area contributed by atoms with Crippen LogP contribution in [0.3, 0.4) is 0 Å². The summed E-state index contributed by atoms with van der Waals surface area (Å²) in [5.74, 6) is 0.146. The van der Waals surface area contributed by atoms with Crippen molar-refractivity contribution < 1.29 is 14.3 Å². The Hall–Kier alpha value is -1.91. The summed E-state index contributed by atoms with van der Waals surface area (Å²) < 4.78 is 5.36. The van der Waals surface area contributed by atoms with Crippen LogP contribution in [0.4, 0.5) is 5.82 Å². The summed E-state index contributed by atoms with van der Waals surface area (Å²) in [6.45, 7) is 3.90. The minimum absolute atomic E-state index is 0.111. The molecule has 0 aliphatic carbocycles. The van der Waals surface area contributed by atoms with E-state index in [9.17, 15) is 9.59 Å². The van der Waals surface area contributed by atoms with Gasteiger partial charge in [0.1, 0.15) is 5.82 Å². The molecule has 1 saturated heterocycles. The number of hydrogen-bond acceptors (Lipinski definition) is 5. The zero-order chi connectivity index (χ0) is 15.3. The van der Waals surface area contributed by atoms with Gasteiger partial charge in [0.15, 0.2) is 11.4 Å². The molecule has 2 unspecified atom stereocenters. The quantitative estimate of drug-likeness (QED) is 0.782. The van der Waals surface area contributed by atoms with Crippen LogP contribution in [-0.2, 0) is 14.3 Å². The number of carbonyl (C=O) groups excluding carboxylic acids is 2. The normalized spacial score (nSPS) is 24.7. The van der Waals surface area contributed by atoms with Crippen LogP contribution in [0, 0.1) is 5.92 Å². The van der Waals surface area contributed by atoms with Gasteiger partial charge in [-0.15, -0.1) is 0 Å². The van der Waals surface area contributed by atoms with Crippen molar-refractivity contribution in [1.82, 2.24) is 4.98 Å². The van der Waals surface area contributed by atoms with Gasteiger partial charge in [-0.3, -0.25) is 9.59 Å². The molecule has 1 aromatic rings. The lowest BCUT2D eigenvalue weighted by Gasteiger charge is -2.21. The number of carbonyl (C=O) groups is 2. The fraction of sp³-hybridized carbons (Fsp3) is 0.562. The average Bonchev–Trinajstić information content (AvgIpc) is 2.79. The Bertz CT molecular complexity index is 504. The van der Waals surface area contributed by atoms with Crippen LogP contribution in [0.1, 0.15) is 39.5 Å². The maximum absolute atomic E-state index is 12.3. The summed E-state index contributed by atoms with van der Waals surface area (Å²) in [5.41, 5.74) is -1.00. The fourth-order valence-electron chi connectivity index (χ4n) is 2.57. The predicted molar refractivity (Wildman–Crippen MR) is 79.9 cm³/mol. The number of pyridine rings is 1. The van der Waals surface area contributed by atoms with Gasteiger partial charge in [0.25, 0.3) is 0 Å². The van der Waals surface area contributed by atoms with Crippen molar-refractivity contribution in [2.24, 2.45) is 5.92 Å². The Kier molecular flexibility index (Phi) is 4.94. The molecule has 0 bridgehead atoms. The molecule has 0 saturated carbocycles. The molecule has 5 heteroatoms. The highest BCUT2D eigenvalue weighted by Crippen LogP contribution is 2.34. The van der Waals surface area contributed by atoms with Crippen molar-refractivity contribution in [3.8, 4) is 0 Å². The van der Waals surface area contributed by atoms with Crippen LogP contribution in [0.2, 0.25) is 0 Å². The van der Waals surface area contributed by atoms with Gasteiger partial charge in [-0.2, -0.15) is 0 Å². The molecule has 2 atom stereocenters. The van der Waals surface area contributed by atoms with E-state index in [-0.39, 0.29) is 24.2 Å². The zero-order valence-electron chi connectivity index (χ0n) is 12.6. The fourth-order valence-corrected chi connectivity index (χ4v) is 2.57. The Morgan fingerprint density at radius 3 is 3.00 bits per heavy atom. The van der Waals surface area contributed by atoms with E-state index in [4.69, 9.17) is 4.74 Å². The SMILES string of the molecule is CCCCC1CC(C)(C(=O)CNc2ccccn2)OC1=O. The van der Waals surface area contributed by atoms with Gasteiger partial charge in [-0.25, -0.2) is 4.98 Å². The van der Waals surface area contributed by atoms with Gasteiger partial charge in [0.2, 0.25) is 0 Å². The number of aromatic nitrogens is 1. The molecule has 2 heterocycles. The van der Waals surface area contributed by atoms with Gasteiger partial charge >= 0.3 is 5.97 Å². The van der Waals surface area contributed by atoms with E-state index < -0.39 is 5.60 Å². The highest BCUT2D eigenvalue weighted by Gasteiger charge is 2.47. The number of rotatable bonds is 7. The van der Waals surface area contributed by atoms with Crippen LogP contribution in [0.5, 0.6) is 0 Å². The third-order valence-electron chi connectivity index (χ3n) is 3.89. The number of ketones is 1. The Balaban J connectivity index is 1.91. The van der Waals surface area contributed by atoms with Crippen LogP contribution in [-0.4, -0.2) is 28.9 Å². The average molecular weight is 290 g/mol. The molecule has 114 valence electrons. The summed E-state index contributed by atoms with van der Waals surface area (Å²) >= 11 is 0. The zero-order valence-corrected chi connectivity index (χ0v) is 12.6. The minimum Gasteiger partial charge on any atom is -0.451 e. The minimum atomic E-state index is -1.00. The van der Waals surface area contributed by atoms with E-state index in [0.29, 0.717) is 12.2 Å². The highest BCUT2D eigenvalue weighted by atomic mass is 16.6. The first-order valence-corrected chi connectivity index (χ1v) is 7.46. The van der Waals surface area contributed by atoms with E-state index in [1.54, 1.807) is 19.2 Å². The summed E-state index contributed by atoms with van der Waals surface area (Å²) in [5, 5.41) is 2.97. The summed E-state index contributed by atoms with van der Waals surface area (Å²) in [6, 6.07) is 5.45. The second-order valence-corrected chi connectivity index (χ2v) is 5.69. The number of cyclic esters (lactones) is 1. The number of unbranched alkanes of at least 4 members (excludes halogenated alkanes) is 1. The molecular weight excluding hydrogens is 268 g/mol. The van der Waals surface area contributed by atoms with E-state index in [1.165, 1.54) is 0 Å². The maximum Gasteiger partial charge on any atom is 0.310 e. The largest absolute Gasteiger partial charge is 0.451 e. The van der Waals surface area contributed by atoms with E-state index in [2.05, 4.69) is 17.2 Å². The molecule has 0 radical (unpaired) electrons. The second kappa shape index (κ2) is 6.70. The Labute approximate surface area is 125 Å². The molecule has 1 aliphatic rings. The van der Waals surface area contributed by atoms with Crippen molar-refractivity contribution >= 4 is 17.6 Å². The van der Waals surface area contributed by atoms with Crippen LogP contribution in [0.25, 0.3) is 0 Å². The number of Topliss-reactive ketones (excluding diaryl/α,β-unsaturated/α-hetero) is 1. The highest BCUT2D eigenvalue weighted by molar-refractivity contribution is 5.94. The van der Waals surface area contributed by atoms with Gasteiger partial charge < -0.3 is 10.1 Å². The molecule has 1 N–H and O–H groups in total. The topological polar surface area (TPSA) is 68.3 Å².